The van der Waals surface area contributed by atoms with Crippen molar-refractivity contribution in [3.05, 3.63) is 23.9 Å². The van der Waals surface area contributed by atoms with Gasteiger partial charge in [-0.15, -0.1) is 0 Å². The zero-order chi connectivity index (χ0) is 16.2. The molecule has 2 bridgehead atoms. The number of hydrogen-bond acceptors (Lipinski definition) is 4. The molecule has 0 N–H and O–H groups in total. The Morgan fingerprint density at radius 1 is 1.35 bits per heavy atom. The van der Waals surface area contributed by atoms with Crippen LogP contribution in [0, 0.1) is 6.92 Å². The van der Waals surface area contributed by atoms with E-state index in [0.717, 1.165) is 50.0 Å². The molecule has 3 rings (SSSR count). The van der Waals surface area contributed by atoms with Crippen LogP contribution in [0.3, 0.4) is 0 Å². The lowest BCUT2D eigenvalue weighted by molar-refractivity contribution is 0.0314. The van der Waals surface area contributed by atoms with Gasteiger partial charge < -0.3 is 14.4 Å². The summed E-state index contributed by atoms with van der Waals surface area (Å²) in [6, 6.07) is 4.42. The summed E-state index contributed by atoms with van der Waals surface area (Å²) in [5.41, 5.74) is 1.06. The van der Waals surface area contributed by atoms with Crippen molar-refractivity contribution in [1.29, 1.82) is 0 Å². The topological polar surface area (TPSA) is 51.7 Å². The van der Waals surface area contributed by atoms with E-state index in [1.54, 1.807) is 6.20 Å². The molecule has 2 unspecified atom stereocenters. The lowest BCUT2D eigenvalue weighted by atomic mass is 10.0. The highest BCUT2D eigenvalue weighted by Crippen LogP contribution is 2.37. The zero-order valence-corrected chi connectivity index (χ0v) is 14.0. The van der Waals surface area contributed by atoms with Crippen LogP contribution in [-0.2, 0) is 4.74 Å². The number of carbonyl (C=O) groups excluding carboxylic acids is 1. The number of unbranched alkanes of at least 4 members (excludes halogenated alkanes) is 1. The third-order valence-electron chi connectivity index (χ3n) is 4.86. The first-order chi connectivity index (χ1) is 11.2. The Balaban J connectivity index is 1.58. The predicted molar refractivity (Wildman–Crippen MR) is 87.5 cm³/mol. The Morgan fingerprint density at radius 2 is 2.09 bits per heavy atom. The summed E-state index contributed by atoms with van der Waals surface area (Å²) in [7, 11) is 0. The monoisotopic (exact) mass is 318 g/mol. The molecule has 5 nitrogen and oxygen atoms in total. The molecule has 3 heterocycles. The summed E-state index contributed by atoms with van der Waals surface area (Å²) < 4.78 is 11.5. The van der Waals surface area contributed by atoms with Gasteiger partial charge >= 0.3 is 6.09 Å². The first-order valence-corrected chi connectivity index (χ1v) is 8.72. The number of nitrogens with zero attached hydrogens (tertiary/aromatic N) is 2. The largest absolute Gasteiger partial charge is 0.474 e. The Kier molecular flexibility index (Phi) is 5.03. The SMILES string of the molecule is CCCCOC(=O)N1C2CCC1CC(Oc1ncccc1C)C2. The number of aryl methyl sites for hydroxylation is 1. The van der Waals surface area contributed by atoms with Gasteiger partial charge in [0, 0.05) is 36.7 Å². The first kappa shape index (κ1) is 16.1. The standard InChI is InChI=1S/C18H26N2O3/c1-3-4-10-22-18(21)20-14-7-8-15(20)12-16(11-14)23-17-13(2)6-5-9-19-17/h5-6,9,14-16H,3-4,7-8,10-12H2,1-2H3. The first-order valence-electron chi connectivity index (χ1n) is 8.72. The van der Waals surface area contributed by atoms with Gasteiger partial charge in [0.05, 0.1) is 6.61 Å². The molecular formula is C18H26N2O3. The van der Waals surface area contributed by atoms with E-state index in [0.29, 0.717) is 6.61 Å². The minimum atomic E-state index is -0.140. The van der Waals surface area contributed by atoms with Gasteiger partial charge in [-0.05, 0) is 32.3 Å². The number of hydrogen-bond donors (Lipinski definition) is 0. The van der Waals surface area contributed by atoms with Crippen molar-refractivity contribution in [2.24, 2.45) is 0 Å². The van der Waals surface area contributed by atoms with Crippen LogP contribution in [0.4, 0.5) is 4.79 Å². The third-order valence-corrected chi connectivity index (χ3v) is 4.86. The molecule has 1 aromatic rings. The van der Waals surface area contributed by atoms with Crippen LogP contribution in [0.25, 0.3) is 0 Å². The number of carbonyl (C=O) groups is 1. The van der Waals surface area contributed by atoms with E-state index in [1.807, 2.05) is 24.0 Å². The van der Waals surface area contributed by atoms with Crippen molar-refractivity contribution >= 4 is 6.09 Å². The Morgan fingerprint density at radius 3 is 2.74 bits per heavy atom. The fourth-order valence-corrected chi connectivity index (χ4v) is 3.65. The number of rotatable bonds is 5. The lowest BCUT2D eigenvalue weighted by Gasteiger charge is -2.38. The van der Waals surface area contributed by atoms with Crippen molar-refractivity contribution in [2.45, 2.75) is 70.6 Å². The fourth-order valence-electron chi connectivity index (χ4n) is 3.65. The second kappa shape index (κ2) is 7.20. The highest BCUT2D eigenvalue weighted by Gasteiger charge is 2.45. The normalized spacial score (nSPS) is 26.2. The number of amides is 1. The average molecular weight is 318 g/mol. The Hall–Kier alpha value is -1.78. The minimum absolute atomic E-state index is 0.140. The van der Waals surface area contributed by atoms with E-state index in [9.17, 15) is 4.79 Å². The van der Waals surface area contributed by atoms with Crippen molar-refractivity contribution in [3.8, 4) is 5.88 Å². The van der Waals surface area contributed by atoms with Gasteiger partial charge in [-0.2, -0.15) is 0 Å². The van der Waals surface area contributed by atoms with Gasteiger partial charge in [0.1, 0.15) is 6.10 Å². The van der Waals surface area contributed by atoms with Crippen molar-refractivity contribution in [1.82, 2.24) is 9.88 Å². The number of fused-ring (bicyclic) bond motifs is 2. The maximum atomic E-state index is 12.3. The van der Waals surface area contributed by atoms with E-state index >= 15 is 0 Å². The van der Waals surface area contributed by atoms with Gasteiger partial charge in [-0.25, -0.2) is 9.78 Å². The highest BCUT2D eigenvalue weighted by atomic mass is 16.6. The molecule has 2 fully saturated rings. The molecule has 0 radical (unpaired) electrons. The van der Waals surface area contributed by atoms with Crippen LogP contribution in [0.15, 0.2) is 18.3 Å². The molecule has 1 aromatic heterocycles. The minimum Gasteiger partial charge on any atom is -0.474 e. The summed E-state index contributed by atoms with van der Waals surface area (Å²) >= 11 is 0. The number of ether oxygens (including phenoxy) is 2. The molecule has 1 amide bonds. The molecule has 23 heavy (non-hydrogen) atoms. The van der Waals surface area contributed by atoms with Crippen molar-refractivity contribution in [3.63, 3.8) is 0 Å². The molecular weight excluding hydrogens is 292 g/mol. The summed E-state index contributed by atoms with van der Waals surface area (Å²) in [5, 5.41) is 0. The van der Waals surface area contributed by atoms with E-state index in [2.05, 4.69) is 11.9 Å². The van der Waals surface area contributed by atoms with Gasteiger partial charge in [-0.3, -0.25) is 0 Å². The van der Waals surface area contributed by atoms with E-state index in [-0.39, 0.29) is 24.3 Å². The van der Waals surface area contributed by atoms with Crippen LogP contribution in [0.2, 0.25) is 0 Å². The average Bonchev–Trinajstić information content (AvgIpc) is 2.81. The second-order valence-corrected chi connectivity index (χ2v) is 6.60. The van der Waals surface area contributed by atoms with Gasteiger partial charge in [-0.1, -0.05) is 19.4 Å². The Labute approximate surface area is 138 Å². The van der Waals surface area contributed by atoms with Crippen LogP contribution in [0.5, 0.6) is 5.88 Å². The summed E-state index contributed by atoms with van der Waals surface area (Å²) in [6.07, 6.45) is 7.57. The highest BCUT2D eigenvalue weighted by molar-refractivity contribution is 5.69. The number of pyridine rings is 1. The zero-order valence-electron chi connectivity index (χ0n) is 14.0. The maximum Gasteiger partial charge on any atom is 0.410 e. The quantitative estimate of drug-likeness (QED) is 0.777. The molecule has 5 heteroatoms. The molecule has 0 saturated carbocycles. The molecule has 2 saturated heterocycles. The maximum absolute atomic E-state index is 12.3. The summed E-state index contributed by atoms with van der Waals surface area (Å²) in [5.74, 6) is 0.718. The summed E-state index contributed by atoms with van der Waals surface area (Å²) in [6.45, 7) is 4.63. The third kappa shape index (κ3) is 3.59. The van der Waals surface area contributed by atoms with Crippen LogP contribution in [-0.4, -0.2) is 40.8 Å². The van der Waals surface area contributed by atoms with E-state index < -0.39 is 0 Å². The van der Waals surface area contributed by atoms with Gasteiger partial charge in [0.2, 0.25) is 5.88 Å². The second-order valence-electron chi connectivity index (χ2n) is 6.60. The van der Waals surface area contributed by atoms with E-state index in [4.69, 9.17) is 9.47 Å². The predicted octanol–water partition coefficient (Wildman–Crippen LogP) is 3.70. The van der Waals surface area contributed by atoms with Crippen molar-refractivity contribution < 1.29 is 14.3 Å². The van der Waals surface area contributed by atoms with Crippen LogP contribution >= 0.6 is 0 Å². The number of piperidine rings is 1. The fraction of sp³-hybridized carbons (Fsp3) is 0.667. The van der Waals surface area contributed by atoms with E-state index in [1.165, 1.54) is 0 Å². The molecule has 2 aliphatic heterocycles. The van der Waals surface area contributed by atoms with Gasteiger partial charge in [0.25, 0.3) is 0 Å². The molecule has 0 aliphatic carbocycles. The van der Waals surface area contributed by atoms with Crippen molar-refractivity contribution in [2.75, 3.05) is 6.61 Å². The van der Waals surface area contributed by atoms with Crippen LogP contribution < -0.4 is 4.74 Å². The molecule has 2 atom stereocenters. The smallest absolute Gasteiger partial charge is 0.410 e. The molecule has 2 aliphatic rings. The number of aromatic nitrogens is 1. The summed E-state index contributed by atoms with van der Waals surface area (Å²) in [4.78, 5) is 18.6. The molecule has 126 valence electrons. The molecule has 0 spiro atoms. The van der Waals surface area contributed by atoms with Gasteiger partial charge in [0.15, 0.2) is 0 Å². The molecule has 0 aromatic carbocycles. The lowest BCUT2D eigenvalue weighted by Crippen LogP contribution is -2.49. The Bertz CT molecular complexity index is 535. The van der Waals surface area contributed by atoms with Crippen LogP contribution in [0.1, 0.15) is 51.0 Å².